The molecule has 2 aliphatic heterocycles. The van der Waals surface area contributed by atoms with E-state index in [1.807, 2.05) is 0 Å². The van der Waals surface area contributed by atoms with Crippen molar-refractivity contribution >= 4 is 46.9 Å². The van der Waals surface area contributed by atoms with E-state index >= 15 is 0 Å². The third kappa shape index (κ3) is 3.39. The van der Waals surface area contributed by atoms with Crippen molar-refractivity contribution < 1.29 is 21.0 Å². The molecule has 123 valence electrons. The summed E-state index contributed by atoms with van der Waals surface area (Å²) in [5.74, 6) is 2.15. The quantitative estimate of drug-likeness (QED) is 0.392. The van der Waals surface area contributed by atoms with E-state index in [1.54, 1.807) is 48.6 Å². The van der Waals surface area contributed by atoms with Gasteiger partial charge in [0.15, 0.2) is 0 Å². The molecule has 8 bridgehead atoms. The Morgan fingerprint density at radius 2 is 0.769 bits per heavy atom. The summed E-state index contributed by atoms with van der Waals surface area (Å²) in [6.07, 6.45) is 7.12. The Labute approximate surface area is 155 Å². The molecule has 0 spiro atoms. The van der Waals surface area contributed by atoms with Gasteiger partial charge in [-0.05, 0) is 48.6 Å². The molecule has 0 N–H and O–H groups in total. The van der Waals surface area contributed by atoms with Gasteiger partial charge in [-0.25, -0.2) is 9.97 Å². The van der Waals surface area contributed by atoms with Crippen molar-refractivity contribution in [2.75, 3.05) is 0 Å². The maximum atomic E-state index is 8.19. The molecule has 2 aliphatic rings. The van der Waals surface area contributed by atoms with Crippen molar-refractivity contribution in [3.8, 4) is 0 Å². The Balaban J connectivity index is 0.000000814. The standard InChI is InChI=1S/C16H8N8.O.V/c1-2-10-17-9(1)21-11-3-4-13(18-11)23-15-7-8-16(20-15)24-14-6-5-12(19-14)22-10;;/h1-8H;;/q-2;;+2. The molecule has 3 aromatic heterocycles. The minimum atomic E-state index is 0.538. The van der Waals surface area contributed by atoms with Gasteiger partial charge in [0.25, 0.3) is 0 Å². The molecule has 5 rings (SSSR count). The van der Waals surface area contributed by atoms with E-state index in [1.165, 1.54) is 0 Å². The molecule has 3 aromatic rings. The van der Waals surface area contributed by atoms with Gasteiger partial charge in [0.2, 0.25) is 0 Å². The van der Waals surface area contributed by atoms with Gasteiger partial charge in [-0.2, -0.15) is 0 Å². The Morgan fingerprint density at radius 1 is 0.500 bits per heavy atom. The Morgan fingerprint density at radius 3 is 1.04 bits per heavy atom. The van der Waals surface area contributed by atoms with Gasteiger partial charge in [0.1, 0.15) is 0 Å². The molecule has 0 aliphatic carbocycles. The van der Waals surface area contributed by atoms with Gasteiger partial charge in [-0.3, -0.25) is 0 Å². The summed E-state index contributed by atoms with van der Waals surface area (Å²) < 4.78 is 8.19. The zero-order valence-electron chi connectivity index (χ0n) is 13.1. The normalized spacial score (nSPS) is 11.9. The molecule has 0 atom stereocenters. The Hall–Kier alpha value is -3.30. The fourth-order valence-electron chi connectivity index (χ4n) is 2.33. The van der Waals surface area contributed by atoms with E-state index in [2.05, 4.69) is 39.9 Å². The summed E-state index contributed by atoms with van der Waals surface area (Å²) in [5.41, 5.74) is 2.15. The first-order chi connectivity index (χ1) is 12.8. The summed E-state index contributed by atoms with van der Waals surface area (Å²) in [7, 11) is 0. The van der Waals surface area contributed by atoms with Crippen LogP contribution in [0.4, 0.5) is 0 Å². The molecule has 0 radical (unpaired) electrons. The second-order valence-electron chi connectivity index (χ2n) is 5.09. The molecular formula is C16H8N8OV. The fraction of sp³-hybridized carbons (Fsp3) is 0. The third-order valence-corrected chi connectivity index (χ3v) is 3.36. The van der Waals surface area contributed by atoms with Crippen LogP contribution in [0.25, 0.3) is 46.9 Å². The molecule has 10 heteroatoms. The van der Waals surface area contributed by atoms with Crippen molar-refractivity contribution in [1.29, 1.82) is 0 Å². The van der Waals surface area contributed by atoms with Crippen LogP contribution in [0.2, 0.25) is 0 Å². The molecule has 5 heterocycles. The van der Waals surface area contributed by atoms with Crippen LogP contribution in [-0.2, 0) is 21.0 Å². The zero-order chi connectivity index (χ0) is 17.9. The number of nitrogens with zero attached hydrogens (tertiary/aromatic N) is 8. The summed E-state index contributed by atoms with van der Waals surface area (Å²) in [6, 6.07) is 7.12. The first-order valence-electron chi connectivity index (χ1n) is 7.40. The molecule has 0 unspecified atom stereocenters. The minimum absolute atomic E-state index is 0.538. The van der Waals surface area contributed by atoms with Gasteiger partial charge in [-0.15, -0.1) is 0 Å². The number of hydrogen-bond acceptors (Lipinski definition) is 7. The summed E-state index contributed by atoms with van der Waals surface area (Å²) in [5, 5.41) is 0. The molecule has 0 aromatic carbocycles. The predicted molar refractivity (Wildman–Crippen MR) is 88.7 cm³/mol. The number of aromatic nitrogens is 8. The second kappa shape index (κ2) is 6.91. The first kappa shape index (κ1) is 16.2. The van der Waals surface area contributed by atoms with E-state index in [0.717, 1.165) is 17.4 Å². The van der Waals surface area contributed by atoms with Gasteiger partial charge < -0.3 is 29.9 Å². The fourth-order valence-corrected chi connectivity index (χ4v) is 2.33. The predicted octanol–water partition coefficient (Wildman–Crippen LogP) is 1.37. The van der Waals surface area contributed by atoms with Crippen LogP contribution in [0, 0.1) is 0 Å². The van der Waals surface area contributed by atoms with Gasteiger partial charge in [-0.1, -0.05) is 0 Å². The van der Waals surface area contributed by atoms with Crippen LogP contribution in [0.5, 0.6) is 0 Å². The van der Waals surface area contributed by atoms with E-state index in [9.17, 15) is 0 Å². The SMILES string of the molecule is C1=Cc2nc1nc1ccc(nc3nc(nc4ccc(n2)[n-]4)C=C3)[n-]1.[O]=[V+2]. The van der Waals surface area contributed by atoms with Crippen molar-refractivity contribution in [3.05, 3.63) is 47.6 Å². The van der Waals surface area contributed by atoms with Crippen molar-refractivity contribution in [1.82, 2.24) is 39.9 Å². The van der Waals surface area contributed by atoms with Crippen LogP contribution in [0.1, 0.15) is 23.3 Å². The average Bonchev–Trinajstić information content (AvgIpc) is 3.42. The molecule has 0 amide bonds. The number of hydrogen-bond donors (Lipinski definition) is 0. The van der Waals surface area contributed by atoms with Gasteiger partial charge >= 0.3 is 21.0 Å². The van der Waals surface area contributed by atoms with Gasteiger partial charge in [0, 0.05) is 22.6 Å². The van der Waals surface area contributed by atoms with Crippen LogP contribution >= 0.6 is 0 Å². The second-order valence-corrected chi connectivity index (χ2v) is 5.09. The van der Waals surface area contributed by atoms with Crippen molar-refractivity contribution in [2.45, 2.75) is 0 Å². The molecule has 0 saturated heterocycles. The molecule has 9 nitrogen and oxygen atoms in total. The maximum absolute atomic E-state index is 8.19. The molecule has 0 saturated carbocycles. The van der Waals surface area contributed by atoms with Crippen molar-refractivity contribution in [2.24, 2.45) is 0 Å². The summed E-state index contributed by atoms with van der Waals surface area (Å²) >= 11 is 1.06. The number of fused-ring (bicyclic) bond motifs is 8. The van der Waals surface area contributed by atoms with E-state index < -0.39 is 0 Å². The van der Waals surface area contributed by atoms with E-state index in [-0.39, 0.29) is 0 Å². The molecular weight excluding hydrogens is 371 g/mol. The average molecular weight is 379 g/mol. The first-order valence-corrected chi connectivity index (χ1v) is 7.97. The van der Waals surface area contributed by atoms with Crippen LogP contribution in [0.15, 0.2) is 24.3 Å². The monoisotopic (exact) mass is 379 g/mol. The van der Waals surface area contributed by atoms with Crippen LogP contribution in [0.3, 0.4) is 0 Å². The third-order valence-electron chi connectivity index (χ3n) is 3.36. The van der Waals surface area contributed by atoms with Crippen LogP contribution in [-0.4, -0.2) is 29.9 Å². The Kier molecular flexibility index (Phi) is 4.30. The number of rotatable bonds is 0. The van der Waals surface area contributed by atoms with E-state index in [0.29, 0.717) is 45.9 Å². The van der Waals surface area contributed by atoms with Crippen LogP contribution < -0.4 is 9.97 Å². The molecule has 0 fully saturated rings. The summed E-state index contributed by atoms with van der Waals surface area (Å²) in [6.45, 7) is 0. The van der Waals surface area contributed by atoms with Gasteiger partial charge in [0.05, 0.1) is 23.3 Å². The Bertz CT molecular complexity index is 1020. The zero-order valence-corrected chi connectivity index (χ0v) is 14.4. The molecule has 26 heavy (non-hydrogen) atoms. The summed E-state index contributed by atoms with van der Waals surface area (Å²) in [4.78, 5) is 34.8. The van der Waals surface area contributed by atoms with Crippen molar-refractivity contribution in [3.63, 3.8) is 0 Å². The van der Waals surface area contributed by atoms with E-state index in [4.69, 9.17) is 3.67 Å². The topological polar surface area (TPSA) is 123 Å².